The molecule has 0 fully saturated rings. The fraction of sp³-hybridized carbons (Fsp3) is 0.714. The summed E-state index contributed by atoms with van der Waals surface area (Å²) in [6, 6.07) is 0. The molecule has 0 aromatic rings. The zero-order chi connectivity index (χ0) is 7.49. The zero-order valence-corrected chi connectivity index (χ0v) is 6.46. The van der Waals surface area contributed by atoms with Crippen molar-refractivity contribution in [3.05, 3.63) is 12.7 Å². The standard InChI is InChI=1S/C7H16NO/c1-5-7(9)6-8(2,3)4/h5,7,9H,1,6H2,2-4H3/q+1. The topological polar surface area (TPSA) is 20.2 Å². The van der Waals surface area contributed by atoms with Crippen molar-refractivity contribution in [3.8, 4) is 0 Å². The summed E-state index contributed by atoms with van der Waals surface area (Å²) in [5.41, 5.74) is 0. The van der Waals surface area contributed by atoms with Gasteiger partial charge in [0.2, 0.25) is 0 Å². The van der Waals surface area contributed by atoms with E-state index in [9.17, 15) is 0 Å². The van der Waals surface area contributed by atoms with Crippen molar-refractivity contribution < 1.29 is 9.59 Å². The molecular formula is C7H16NO+. The average molecular weight is 130 g/mol. The fourth-order valence-electron chi connectivity index (χ4n) is 0.636. The number of aliphatic hydroxyl groups is 1. The lowest BCUT2D eigenvalue weighted by Gasteiger charge is -2.25. The number of hydrogen-bond donors (Lipinski definition) is 1. The van der Waals surface area contributed by atoms with Crippen LogP contribution in [0.4, 0.5) is 0 Å². The van der Waals surface area contributed by atoms with Gasteiger partial charge < -0.3 is 9.59 Å². The van der Waals surface area contributed by atoms with Gasteiger partial charge in [0, 0.05) is 0 Å². The molecule has 2 heteroatoms. The van der Waals surface area contributed by atoms with Crippen LogP contribution in [0.2, 0.25) is 0 Å². The Morgan fingerprint density at radius 1 is 1.56 bits per heavy atom. The third kappa shape index (κ3) is 5.53. The highest BCUT2D eigenvalue weighted by molar-refractivity contribution is 4.76. The first kappa shape index (κ1) is 8.66. The molecule has 0 rings (SSSR count). The van der Waals surface area contributed by atoms with Crippen LogP contribution in [-0.4, -0.2) is 43.4 Å². The van der Waals surface area contributed by atoms with Crippen LogP contribution in [0.15, 0.2) is 12.7 Å². The van der Waals surface area contributed by atoms with Gasteiger partial charge in [-0.25, -0.2) is 0 Å². The van der Waals surface area contributed by atoms with E-state index in [0.717, 1.165) is 11.0 Å². The summed E-state index contributed by atoms with van der Waals surface area (Å²) in [6.07, 6.45) is 1.19. The van der Waals surface area contributed by atoms with Crippen molar-refractivity contribution in [1.82, 2.24) is 0 Å². The number of rotatable bonds is 3. The molecule has 0 aromatic carbocycles. The molecule has 1 unspecified atom stereocenters. The summed E-state index contributed by atoms with van der Waals surface area (Å²) in [5, 5.41) is 9.06. The maximum Gasteiger partial charge on any atom is 0.121 e. The van der Waals surface area contributed by atoms with Gasteiger partial charge >= 0.3 is 0 Å². The molecule has 0 aliphatic carbocycles. The number of likely N-dealkylation sites (N-methyl/N-ethyl adjacent to an activating group) is 1. The number of nitrogens with zero attached hydrogens (tertiary/aromatic N) is 1. The Labute approximate surface area is 57.0 Å². The monoisotopic (exact) mass is 130 g/mol. The highest BCUT2D eigenvalue weighted by Crippen LogP contribution is 1.94. The van der Waals surface area contributed by atoms with Gasteiger partial charge in [0.05, 0.1) is 21.1 Å². The summed E-state index contributed by atoms with van der Waals surface area (Å²) in [5.74, 6) is 0. The van der Waals surface area contributed by atoms with E-state index in [1.165, 1.54) is 0 Å². The Morgan fingerprint density at radius 2 is 2.00 bits per heavy atom. The van der Waals surface area contributed by atoms with Gasteiger partial charge in [-0.3, -0.25) is 0 Å². The Hall–Kier alpha value is -0.340. The van der Waals surface area contributed by atoms with Crippen LogP contribution >= 0.6 is 0 Å². The fourth-order valence-corrected chi connectivity index (χ4v) is 0.636. The van der Waals surface area contributed by atoms with Crippen molar-refractivity contribution >= 4 is 0 Å². The largest absolute Gasteiger partial charge is 0.383 e. The van der Waals surface area contributed by atoms with E-state index in [1.807, 2.05) is 21.1 Å². The van der Waals surface area contributed by atoms with Crippen molar-refractivity contribution in [2.45, 2.75) is 6.10 Å². The minimum absolute atomic E-state index is 0.370. The molecule has 0 aromatic heterocycles. The predicted molar refractivity (Wildman–Crippen MR) is 39.1 cm³/mol. The van der Waals surface area contributed by atoms with Crippen LogP contribution in [0.25, 0.3) is 0 Å². The molecule has 0 bridgehead atoms. The molecule has 0 amide bonds. The van der Waals surface area contributed by atoms with E-state index in [1.54, 1.807) is 6.08 Å². The summed E-state index contributed by atoms with van der Waals surface area (Å²) in [4.78, 5) is 0. The van der Waals surface area contributed by atoms with E-state index < -0.39 is 0 Å². The van der Waals surface area contributed by atoms with Gasteiger partial charge in [0.25, 0.3) is 0 Å². The Kier molecular flexibility index (Phi) is 2.88. The third-order valence-electron chi connectivity index (χ3n) is 1.01. The van der Waals surface area contributed by atoms with Crippen molar-refractivity contribution in [1.29, 1.82) is 0 Å². The van der Waals surface area contributed by atoms with Gasteiger partial charge in [0.15, 0.2) is 0 Å². The molecule has 1 atom stereocenters. The van der Waals surface area contributed by atoms with Crippen LogP contribution in [0.5, 0.6) is 0 Å². The summed E-state index contributed by atoms with van der Waals surface area (Å²) in [7, 11) is 6.10. The predicted octanol–water partition coefficient (Wildman–Crippen LogP) is 0.239. The lowest BCUT2D eigenvalue weighted by molar-refractivity contribution is -0.872. The molecule has 0 aliphatic heterocycles. The Bertz CT molecular complexity index is 93.6. The van der Waals surface area contributed by atoms with Gasteiger partial charge in [-0.15, -0.1) is 6.58 Å². The maximum absolute atomic E-state index is 9.06. The van der Waals surface area contributed by atoms with E-state index in [2.05, 4.69) is 6.58 Å². The molecule has 0 aliphatic rings. The number of aliphatic hydroxyl groups excluding tert-OH is 1. The molecule has 0 radical (unpaired) electrons. The first-order chi connectivity index (χ1) is 3.95. The first-order valence-electron chi connectivity index (χ1n) is 3.07. The summed E-state index contributed by atoms with van der Waals surface area (Å²) >= 11 is 0. The normalized spacial score (nSPS) is 15.1. The van der Waals surface area contributed by atoms with Crippen LogP contribution in [0.3, 0.4) is 0 Å². The lowest BCUT2D eigenvalue weighted by atomic mass is 10.3. The van der Waals surface area contributed by atoms with Crippen LogP contribution in [-0.2, 0) is 0 Å². The van der Waals surface area contributed by atoms with Crippen molar-refractivity contribution in [2.24, 2.45) is 0 Å². The molecule has 2 nitrogen and oxygen atoms in total. The van der Waals surface area contributed by atoms with E-state index in [4.69, 9.17) is 5.11 Å². The quantitative estimate of drug-likeness (QED) is 0.428. The van der Waals surface area contributed by atoms with Crippen molar-refractivity contribution in [2.75, 3.05) is 27.7 Å². The van der Waals surface area contributed by atoms with Crippen LogP contribution < -0.4 is 0 Å². The van der Waals surface area contributed by atoms with E-state index in [-0.39, 0.29) is 6.10 Å². The zero-order valence-electron chi connectivity index (χ0n) is 6.46. The van der Waals surface area contributed by atoms with E-state index in [0.29, 0.717) is 0 Å². The average Bonchev–Trinajstić information content (AvgIpc) is 1.62. The van der Waals surface area contributed by atoms with Crippen LogP contribution in [0, 0.1) is 0 Å². The third-order valence-corrected chi connectivity index (χ3v) is 1.01. The minimum Gasteiger partial charge on any atom is -0.383 e. The maximum atomic E-state index is 9.06. The highest BCUT2D eigenvalue weighted by atomic mass is 16.3. The summed E-state index contributed by atoms with van der Waals surface area (Å²) in [6.45, 7) is 4.21. The SMILES string of the molecule is C=CC(O)C[N+](C)(C)C. The second kappa shape index (κ2) is 2.99. The first-order valence-corrected chi connectivity index (χ1v) is 3.07. The number of quaternary nitrogens is 1. The minimum atomic E-state index is -0.370. The smallest absolute Gasteiger partial charge is 0.121 e. The second-order valence-electron chi connectivity index (χ2n) is 3.28. The highest BCUT2D eigenvalue weighted by Gasteiger charge is 2.10. The van der Waals surface area contributed by atoms with Gasteiger partial charge in [-0.05, 0) is 0 Å². The molecule has 0 saturated carbocycles. The lowest BCUT2D eigenvalue weighted by Crippen LogP contribution is -2.40. The number of hydrogen-bond acceptors (Lipinski definition) is 1. The van der Waals surface area contributed by atoms with Gasteiger partial charge in [-0.1, -0.05) is 6.08 Å². The Balaban J connectivity index is 3.59. The van der Waals surface area contributed by atoms with Gasteiger partial charge in [-0.2, -0.15) is 0 Å². The van der Waals surface area contributed by atoms with E-state index >= 15 is 0 Å². The molecule has 0 saturated heterocycles. The van der Waals surface area contributed by atoms with Crippen LogP contribution in [0.1, 0.15) is 0 Å². The Morgan fingerprint density at radius 3 is 2.11 bits per heavy atom. The molecule has 1 N–H and O–H groups in total. The molecule has 9 heavy (non-hydrogen) atoms. The van der Waals surface area contributed by atoms with Crippen molar-refractivity contribution in [3.63, 3.8) is 0 Å². The van der Waals surface area contributed by atoms with Gasteiger partial charge in [0.1, 0.15) is 12.6 Å². The molecule has 54 valence electrons. The molecule has 0 heterocycles. The summed E-state index contributed by atoms with van der Waals surface area (Å²) < 4.78 is 0.771. The molecular weight excluding hydrogens is 114 g/mol. The second-order valence-corrected chi connectivity index (χ2v) is 3.28. The molecule has 0 spiro atoms.